The third-order valence-corrected chi connectivity index (χ3v) is 11.8. The summed E-state index contributed by atoms with van der Waals surface area (Å²) < 4.78 is 11.1. The van der Waals surface area contributed by atoms with Gasteiger partial charge in [-0.2, -0.15) is 0 Å². The van der Waals surface area contributed by atoms with Crippen molar-refractivity contribution in [2.75, 3.05) is 0 Å². The summed E-state index contributed by atoms with van der Waals surface area (Å²) in [6.07, 6.45) is 0. The SMILES string of the molecule is c1ccc(-c2nc(-c3ccc4ccc5sc6ccc7oc(-c8ccccc8)nc7c6c5c4c3)nc(-c3cccc4sc5ccccc5c34)n2)cc1. The van der Waals surface area contributed by atoms with Crippen molar-refractivity contribution in [2.24, 2.45) is 0 Å². The molecule has 5 nitrogen and oxygen atoms in total. The quantitative estimate of drug-likeness (QED) is 0.184. The smallest absolute Gasteiger partial charge is 0.227 e. The lowest BCUT2D eigenvalue weighted by atomic mass is 10.0. The standard InChI is InChI=1S/C44H24N4OS2/c1-3-10-26(11-4-1)41-46-42(48-43(47-41)30-15-9-17-34-37(30)29-14-7-8-16-33(29)50-34)28-19-18-25-20-22-35-38(31(25)24-28)39-36(51-35)23-21-32-40(39)45-44(49-32)27-12-5-2-6-13-27/h1-24H. The van der Waals surface area contributed by atoms with Crippen LogP contribution < -0.4 is 0 Å². The molecule has 0 fully saturated rings. The molecule has 0 N–H and O–H groups in total. The lowest BCUT2D eigenvalue weighted by Gasteiger charge is -2.10. The molecular formula is C44H24N4OS2. The third-order valence-electron chi connectivity index (χ3n) is 9.57. The highest BCUT2D eigenvalue weighted by Gasteiger charge is 2.20. The van der Waals surface area contributed by atoms with E-state index in [9.17, 15) is 0 Å². The fraction of sp³-hybridized carbons (Fsp3) is 0. The summed E-state index contributed by atoms with van der Waals surface area (Å²) in [5.74, 6) is 2.55. The topological polar surface area (TPSA) is 64.7 Å². The molecule has 0 aliphatic heterocycles. The van der Waals surface area contributed by atoms with Crippen LogP contribution in [0.15, 0.2) is 150 Å². The highest BCUT2D eigenvalue weighted by Crippen LogP contribution is 2.44. The minimum atomic E-state index is 0.623. The second-order valence-corrected chi connectivity index (χ2v) is 14.8. The van der Waals surface area contributed by atoms with Gasteiger partial charge in [0.05, 0.1) is 0 Å². The van der Waals surface area contributed by atoms with Crippen LogP contribution in [0.1, 0.15) is 0 Å². The number of oxazole rings is 1. The minimum Gasteiger partial charge on any atom is -0.436 e. The van der Waals surface area contributed by atoms with Crippen molar-refractivity contribution in [3.05, 3.63) is 146 Å². The summed E-state index contributed by atoms with van der Waals surface area (Å²) in [6, 6.07) is 50.3. The lowest BCUT2D eigenvalue weighted by Crippen LogP contribution is -2.00. The molecule has 51 heavy (non-hydrogen) atoms. The number of hydrogen-bond donors (Lipinski definition) is 0. The number of aromatic nitrogens is 4. The van der Waals surface area contributed by atoms with Gasteiger partial charge in [0, 0.05) is 62.6 Å². The number of thiophene rings is 2. The van der Waals surface area contributed by atoms with Crippen LogP contribution in [-0.2, 0) is 0 Å². The molecule has 0 saturated carbocycles. The zero-order valence-electron chi connectivity index (χ0n) is 26.9. The number of fused-ring (bicyclic) bond motifs is 10. The van der Waals surface area contributed by atoms with E-state index in [-0.39, 0.29) is 0 Å². The van der Waals surface area contributed by atoms with E-state index >= 15 is 0 Å². The normalized spacial score (nSPS) is 11.9. The molecule has 0 aliphatic carbocycles. The van der Waals surface area contributed by atoms with Crippen LogP contribution in [0.5, 0.6) is 0 Å². The molecule has 0 radical (unpaired) electrons. The molecule has 0 saturated heterocycles. The van der Waals surface area contributed by atoms with Gasteiger partial charge in [-0.15, -0.1) is 22.7 Å². The first kappa shape index (κ1) is 28.5. The Kier molecular flexibility index (Phi) is 6.22. The summed E-state index contributed by atoms with van der Waals surface area (Å²) >= 11 is 3.57. The summed E-state index contributed by atoms with van der Waals surface area (Å²) in [4.78, 5) is 20.5. The monoisotopic (exact) mass is 688 g/mol. The Morgan fingerprint density at radius 2 is 1.06 bits per heavy atom. The molecule has 4 aromatic heterocycles. The molecule has 0 aliphatic rings. The fourth-order valence-electron chi connectivity index (χ4n) is 7.21. The molecule has 7 aromatic carbocycles. The average molecular weight is 689 g/mol. The molecule has 0 unspecified atom stereocenters. The highest BCUT2D eigenvalue weighted by atomic mass is 32.1. The Hall–Kier alpha value is -6.28. The first-order valence-electron chi connectivity index (χ1n) is 16.7. The maximum absolute atomic E-state index is 6.31. The maximum Gasteiger partial charge on any atom is 0.227 e. The van der Waals surface area contributed by atoms with Crippen LogP contribution in [0.25, 0.3) is 108 Å². The van der Waals surface area contributed by atoms with E-state index in [1.165, 1.54) is 35.0 Å². The molecule has 7 heteroatoms. The maximum atomic E-state index is 6.31. The van der Waals surface area contributed by atoms with Crippen LogP contribution in [0.4, 0.5) is 0 Å². The molecular weight excluding hydrogens is 665 g/mol. The Labute approximate surface area is 299 Å². The molecule has 0 bridgehead atoms. The summed E-state index contributed by atoms with van der Waals surface area (Å²) in [7, 11) is 0. The molecule has 11 aromatic rings. The summed E-state index contributed by atoms with van der Waals surface area (Å²) in [5.41, 5.74) is 5.48. The van der Waals surface area contributed by atoms with Gasteiger partial charge in [0.25, 0.3) is 0 Å². The van der Waals surface area contributed by atoms with Crippen LogP contribution in [0.3, 0.4) is 0 Å². The molecule has 238 valence electrons. The minimum absolute atomic E-state index is 0.623. The van der Waals surface area contributed by atoms with E-state index in [4.69, 9.17) is 24.4 Å². The number of hydrogen-bond acceptors (Lipinski definition) is 7. The predicted octanol–water partition coefficient (Wildman–Crippen LogP) is 12.6. The molecule has 0 atom stereocenters. The Morgan fingerprint density at radius 3 is 1.92 bits per heavy atom. The van der Waals surface area contributed by atoms with Crippen molar-refractivity contribution in [3.63, 3.8) is 0 Å². The molecule has 4 heterocycles. The van der Waals surface area contributed by atoms with Crippen LogP contribution >= 0.6 is 22.7 Å². The third kappa shape index (κ3) is 4.52. The summed E-state index contributed by atoms with van der Waals surface area (Å²) in [6.45, 7) is 0. The number of benzene rings is 7. The van der Waals surface area contributed by atoms with E-state index in [1.807, 2.05) is 54.6 Å². The van der Waals surface area contributed by atoms with Crippen LogP contribution in [0.2, 0.25) is 0 Å². The largest absolute Gasteiger partial charge is 0.436 e. The first-order chi connectivity index (χ1) is 25.2. The van der Waals surface area contributed by atoms with Crippen molar-refractivity contribution in [3.8, 4) is 45.6 Å². The van der Waals surface area contributed by atoms with Crippen molar-refractivity contribution >= 4 is 84.9 Å². The second-order valence-electron chi connectivity index (χ2n) is 12.6. The highest BCUT2D eigenvalue weighted by molar-refractivity contribution is 7.26. The van der Waals surface area contributed by atoms with Gasteiger partial charge < -0.3 is 4.42 Å². The van der Waals surface area contributed by atoms with Gasteiger partial charge in [0.15, 0.2) is 23.1 Å². The van der Waals surface area contributed by atoms with Crippen LogP contribution in [-0.4, -0.2) is 19.9 Å². The van der Waals surface area contributed by atoms with Gasteiger partial charge in [0.2, 0.25) is 5.89 Å². The number of nitrogens with zero attached hydrogens (tertiary/aromatic N) is 4. The first-order valence-corrected chi connectivity index (χ1v) is 18.3. The lowest BCUT2D eigenvalue weighted by molar-refractivity contribution is 0.620. The molecule has 0 amide bonds. The van der Waals surface area contributed by atoms with Gasteiger partial charge in [-0.3, -0.25) is 0 Å². The summed E-state index contributed by atoms with van der Waals surface area (Å²) in [5, 5.41) is 6.93. The van der Waals surface area contributed by atoms with E-state index in [0.29, 0.717) is 23.4 Å². The van der Waals surface area contributed by atoms with Crippen molar-refractivity contribution < 1.29 is 4.42 Å². The van der Waals surface area contributed by atoms with E-state index in [0.717, 1.165) is 49.5 Å². The Morgan fingerprint density at radius 1 is 0.412 bits per heavy atom. The van der Waals surface area contributed by atoms with Gasteiger partial charge in [-0.1, -0.05) is 97.1 Å². The Bertz CT molecular complexity index is 3150. The van der Waals surface area contributed by atoms with Crippen molar-refractivity contribution in [1.82, 2.24) is 19.9 Å². The Balaban J connectivity index is 1.16. The predicted molar refractivity (Wildman–Crippen MR) is 212 cm³/mol. The van der Waals surface area contributed by atoms with Crippen LogP contribution in [0, 0.1) is 0 Å². The van der Waals surface area contributed by atoms with E-state index in [2.05, 4.69) is 91.0 Å². The van der Waals surface area contributed by atoms with E-state index < -0.39 is 0 Å². The van der Waals surface area contributed by atoms with Gasteiger partial charge >= 0.3 is 0 Å². The van der Waals surface area contributed by atoms with Gasteiger partial charge in [0.1, 0.15) is 5.52 Å². The van der Waals surface area contributed by atoms with Gasteiger partial charge in [-0.05, 0) is 59.3 Å². The van der Waals surface area contributed by atoms with E-state index in [1.54, 1.807) is 22.7 Å². The van der Waals surface area contributed by atoms with Crippen molar-refractivity contribution in [1.29, 1.82) is 0 Å². The second kappa shape index (κ2) is 11.1. The zero-order chi connectivity index (χ0) is 33.5. The zero-order valence-corrected chi connectivity index (χ0v) is 28.5. The molecule has 11 rings (SSSR count). The van der Waals surface area contributed by atoms with Crippen molar-refractivity contribution in [2.45, 2.75) is 0 Å². The fourth-order valence-corrected chi connectivity index (χ4v) is 9.47. The van der Waals surface area contributed by atoms with Gasteiger partial charge in [-0.25, -0.2) is 19.9 Å². The average Bonchev–Trinajstić information content (AvgIpc) is 3.91. The number of rotatable bonds is 4. The molecule has 0 spiro atoms.